The highest BCUT2D eigenvalue weighted by atomic mass is 35.5. The molecule has 0 aliphatic carbocycles. The van der Waals surface area contributed by atoms with E-state index in [-0.39, 0.29) is 17.9 Å². The summed E-state index contributed by atoms with van der Waals surface area (Å²) in [5, 5.41) is 0.722. The first-order valence-electron chi connectivity index (χ1n) is 8.75. The van der Waals surface area contributed by atoms with Gasteiger partial charge in [-0.05, 0) is 41.7 Å². The summed E-state index contributed by atoms with van der Waals surface area (Å²) in [7, 11) is 0. The van der Waals surface area contributed by atoms with Crippen molar-refractivity contribution in [3.8, 4) is 0 Å². The molecule has 0 unspecified atom stereocenters. The Hall–Kier alpha value is -1.80. The Kier molecular flexibility index (Phi) is 5.25. The molecule has 1 aliphatic heterocycles. The number of carbonyl (C=O) groups is 1. The van der Waals surface area contributed by atoms with E-state index in [1.165, 1.54) is 11.1 Å². The standard InChI is InChI=1S/C21H24ClNO/c1-3-6-15(2)21(24)23-14-13-16-7-4-5-8-19(16)20(23)17-9-11-18(22)12-10-17/h4-5,7-12,15,20H,3,6,13-14H2,1-2H3/t15-,20-/m1/s1. The molecule has 24 heavy (non-hydrogen) atoms. The summed E-state index contributed by atoms with van der Waals surface area (Å²) in [6.07, 6.45) is 2.89. The molecular formula is C21H24ClNO. The highest BCUT2D eigenvalue weighted by Crippen LogP contribution is 2.36. The predicted octanol–water partition coefficient (Wildman–Crippen LogP) is 5.25. The largest absolute Gasteiger partial charge is 0.331 e. The SMILES string of the molecule is CCC[C@@H](C)C(=O)N1CCc2ccccc2[C@H]1c1ccc(Cl)cc1. The normalized spacial score (nSPS) is 18.1. The molecule has 3 rings (SSSR count). The summed E-state index contributed by atoms with van der Waals surface area (Å²) in [4.78, 5) is 15.1. The van der Waals surface area contributed by atoms with Crippen molar-refractivity contribution in [1.82, 2.24) is 4.90 Å². The van der Waals surface area contributed by atoms with Gasteiger partial charge in [-0.15, -0.1) is 0 Å². The molecule has 126 valence electrons. The molecule has 1 heterocycles. The molecule has 2 atom stereocenters. The van der Waals surface area contributed by atoms with Crippen LogP contribution in [0.4, 0.5) is 0 Å². The topological polar surface area (TPSA) is 20.3 Å². The minimum atomic E-state index is -0.0148. The van der Waals surface area contributed by atoms with E-state index < -0.39 is 0 Å². The van der Waals surface area contributed by atoms with Crippen molar-refractivity contribution in [2.45, 2.75) is 39.2 Å². The number of hydrogen-bond donors (Lipinski definition) is 0. The molecule has 0 fully saturated rings. The molecule has 0 N–H and O–H groups in total. The number of fused-ring (bicyclic) bond motifs is 1. The summed E-state index contributed by atoms with van der Waals surface area (Å²) in [5.41, 5.74) is 3.70. The van der Waals surface area contributed by atoms with Gasteiger partial charge >= 0.3 is 0 Å². The van der Waals surface area contributed by atoms with Crippen LogP contribution in [0.3, 0.4) is 0 Å². The summed E-state index contributed by atoms with van der Waals surface area (Å²) in [6, 6.07) is 16.4. The molecule has 0 radical (unpaired) electrons. The Morgan fingerprint density at radius 3 is 2.62 bits per heavy atom. The molecule has 2 nitrogen and oxygen atoms in total. The number of rotatable bonds is 4. The zero-order chi connectivity index (χ0) is 17.1. The third kappa shape index (κ3) is 3.34. The quantitative estimate of drug-likeness (QED) is 0.743. The van der Waals surface area contributed by atoms with Crippen LogP contribution >= 0.6 is 11.6 Å². The van der Waals surface area contributed by atoms with Crippen LogP contribution in [0.25, 0.3) is 0 Å². The number of nitrogens with zero attached hydrogens (tertiary/aromatic N) is 1. The molecule has 0 aromatic heterocycles. The second-order valence-corrected chi connectivity index (χ2v) is 7.06. The first-order chi connectivity index (χ1) is 11.6. The van der Waals surface area contributed by atoms with E-state index >= 15 is 0 Å². The van der Waals surface area contributed by atoms with Crippen molar-refractivity contribution in [2.24, 2.45) is 5.92 Å². The Balaban J connectivity index is 2.02. The molecule has 2 aromatic rings. The van der Waals surface area contributed by atoms with Crippen molar-refractivity contribution < 1.29 is 4.79 Å². The molecular weight excluding hydrogens is 318 g/mol. The molecule has 3 heteroatoms. The van der Waals surface area contributed by atoms with Gasteiger partial charge in [-0.2, -0.15) is 0 Å². The van der Waals surface area contributed by atoms with Gasteiger partial charge in [0.05, 0.1) is 6.04 Å². The van der Waals surface area contributed by atoms with Gasteiger partial charge in [0.25, 0.3) is 0 Å². The highest BCUT2D eigenvalue weighted by Gasteiger charge is 2.33. The predicted molar refractivity (Wildman–Crippen MR) is 99.2 cm³/mol. The minimum absolute atomic E-state index is 0.0148. The van der Waals surface area contributed by atoms with Crippen LogP contribution < -0.4 is 0 Å². The summed E-state index contributed by atoms with van der Waals surface area (Å²) >= 11 is 6.06. The van der Waals surface area contributed by atoms with Gasteiger partial charge in [0.15, 0.2) is 0 Å². The summed E-state index contributed by atoms with van der Waals surface area (Å²) in [6.45, 7) is 4.95. The Labute approximate surface area is 149 Å². The fourth-order valence-corrected chi connectivity index (χ4v) is 3.77. The van der Waals surface area contributed by atoms with Crippen molar-refractivity contribution in [1.29, 1.82) is 0 Å². The van der Waals surface area contributed by atoms with Crippen LogP contribution in [0.1, 0.15) is 49.4 Å². The first kappa shape index (κ1) is 17.0. The van der Waals surface area contributed by atoms with Gasteiger partial charge in [-0.25, -0.2) is 0 Å². The summed E-state index contributed by atoms with van der Waals surface area (Å²) in [5.74, 6) is 0.321. The van der Waals surface area contributed by atoms with E-state index in [0.717, 1.165) is 36.4 Å². The van der Waals surface area contributed by atoms with E-state index in [1.807, 2.05) is 31.2 Å². The molecule has 0 bridgehead atoms. The second-order valence-electron chi connectivity index (χ2n) is 6.62. The first-order valence-corrected chi connectivity index (χ1v) is 9.13. The molecule has 2 aromatic carbocycles. The smallest absolute Gasteiger partial charge is 0.226 e. The molecule has 0 spiro atoms. The van der Waals surface area contributed by atoms with Gasteiger partial charge in [0.1, 0.15) is 0 Å². The number of carbonyl (C=O) groups excluding carboxylic acids is 1. The minimum Gasteiger partial charge on any atom is -0.331 e. The van der Waals surface area contributed by atoms with Gasteiger partial charge < -0.3 is 4.90 Å². The zero-order valence-corrected chi connectivity index (χ0v) is 15.1. The Morgan fingerprint density at radius 2 is 1.92 bits per heavy atom. The number of hydrogen-bond acceptors (Lipinski definition) is 1. The number of halogens is 1. The third-order valence-electron chi connectivity index (χ3n) is 4.90. The van der Waals surface area contributed by atoms with Crippen LogP contribution in [0.15, 0.2) is 48.5 Å². The lowest BCUT2D eigenvalue weighted by Gasteiger charge is -2.39. The highest BCUT2D eigenvalue weighted by molar-refractivity contribution is 6.30. The fourth-order valence-electron chi connectivity index (χ4n) is 3.65. The molecule has 0 saturated heterocycles. The monoisotopic (exact) mass is 341 g/mol. The van der Waals surface area contributed by atoms with Gasteiger partial charge in [0, 0.05) is 17.5 Å². The van der Waals surface area contributed by atoms with Crippen LogP contribution in [0.2, 0.25) is 5.02 Å². The average molecular weight is 342 g/mol. The zero-order valence-electron chi connectivity index (χ0n) is 14.3. The lowest BCUT2D eigenvalue weighted by molar-refractivity contribution is -0.137. The Bertz CT molecular complexity index is 710. The van der Waals surface area contributed by atoms with Crippen molar-refractivity contribution in [3.63, 3.8) is 0 Å². The van der Waals surface area contributed by atoms with E-state index in [4.69, 9.17) is 11.6 Å². The third-order valence-corrected chi connectivity index (χ3v) is 5.15. The van der Waals surface area contributed by atoms with Crippen LogP contribution in [0.5, 0.6) is 0 Å². The lowest BCUT2D eigenvalue weighted by Crippen LogP contribution is -2.43. The van der Waals surface area contributed by atoms with Crippen LogP contribution in [-0.4, -0.2) is 17.4 Å². The second kappa shape index (κ2) is 7.40. The summed E-state index contributed by atoms with van der Waals surface area (Å²) < 4.78 is 0. The fraction of sp³-hybridized carbons (Fsp3) is 0.381. The van der Waals surface area contributed by atoms with E-state index in [9.17, 15) is 4.79 Å². The van der Waals surface area contributed by atoms with Crippen molar-refractivity contribution in [3.05, 3.63) is 70.2 Å². The molecule has 1 aliphatic rings. The van der Waals surface area contributed by atoms with Crippen molar-refractivity contribution >= 4 is 17.5 Å². The number of benzene rings is 2. The lowest BCUT2D eigenvalue weighted by atomic mass is 9.87. The maximum absolute atomic E-state index is 13.0. The number of amides is 1. The maximum atomic E-state index is 13.0. The van der Waals surface area contributed by atoms with Crippen LogP contribution in [0, 0.1) is 5.92 Å². The Morgan fingerprint density at radius 1 is 1.21 bits per heavy atom. The van der Waals surface area contributed by atoms with Gasteiger partial charge in [-0.3, -0.25) is 4.79 Å². The molecule has 0 saturated carbocycles. The maximum Gasteiger partial charge on any atom is 0.226 e. The van der Waals surface area contributed by atoms with Gasteiger partial charge in [0.2, 0.25) is 5.91 Å². The van der Waals surface area contributed by atoms with E-state index in [1.54, 1.807) is 0 Å². The van der Waals surface area contributed by atoms with Gasteiger partial charge in [-0.1, -0.05) is 68.3 Å². The van der Waals surface area contributed by atoms with Crippen LogP contribution in [-0.2, 0) is 11.2 Å². The molecule has 1 amide bonds. The average Bonchev–Trinajstić information content (AvgIpc) is 2.61. The van der Waals surface area contributed by atoms with E-state index in [0.29, 0.717) is 0 Å². The van der Waals surface area contributed by atoms with E-state index in [2.05, 4.69) is 36.1 Å². The van der Waals surface area contributed by atoms with Crippen molar-refractivity contribution in [2.75, 3.05) is 6.54 Å².